The van der Waals surface area contributed by atoms with Crippen LogP contribution in [0.4, 0.5) is 13.2 Å². The van der Waals surface area contributed by atoms with Crippen LogP contribution in [-0.2, 0) is 6.18 Å². The maximum atomic E-state index is 13.4. The van der Waals surface area contributed by atoms with Gasteiger partial charge in [-0.1, -0.05) is 18.2 Å². The van der Waals surface area contributed by atoms with Gasteiger partial charge in [-0.25, -0.2) is 4.79 Å². The van der Waals surface area contributed by atoms with Gasteiger partial charge in [-0.05, 0) is 18.6 Å². The van der Waals surface area contributed by atoms with Crippen molar-refractivity contribution in [3.8, 4) is 11.8 Å². The van der Waals surface area contributed by atoms with Crippen molar-refractivity contribution in [2.24, 2.45) is 5.73 Å². The van der Waals surface area contributed by atoms with E-state index in [-0.39, 0.29) is 34.1 Å². The first kappa shape index (κ1) is 16.6. The highest BCUT2D eigenvalue weighted by molar-refractivity contribution is 5.56. The Kier molecular flexibility index (Phi) is 3.80. The monoisotopic (exact) mass is 348 g/mol. The minimum atomic E-state index is -4.67. The van der Waals surface area contributed by atoms with E-state index in [1.807, 2.05) is 0 Å². The number of rotatable bonds is 1. The molecular formula is C17H11F3N2O3. The van der Waals surface area contributed by atoms with Gasteiger partial charge in [0, 0.05) is 6.07 Å². The molecule has 3 rings (SSSR count). The Morgan fingerprint density at radius 2 is 1.96 bits per heavy atom. The SMILES string of the molecule is Cc1cc2c(c(=O)o1)[C@@H](c1ccccc1C(F)(F)F)C(C#N)=C(N)O2. The average Bonchev–Trinajstić information content (AvgIpc) is 2.52. The molecule has 1 aliphatic rings. The van der Waals surface area contributed by atoms with E-state index in [1.165, 1.54) is 31.2 Å². The summed E-state index contributed by atoms with van der Waals surface area (Å²) in [6, 6.07) is 7.79. The Labute approximate surface area is 139 Å². The molecule has 0 unspecified atom stereocenters. The fraction of sp³-hybridized carbons (Fsp3) is 0.176. The predicted octanol–water partition coefficient (Wildman–Crippen LogP) is 3.19. The number of nitriles is 1. The maximum absolute atomic E-state index is 13.4. The van der Waals surface area contributed by atoms with Gasteiger partial charge in [0.15, 0.2) is 0 Å². The number of aryl methyl sites for hydroxylation is 1. The molecular weight excluding hydrogens is 337 g/mol. The zero-order chi connectivity index (χ0) is 18.4. The fourth-order valence-corrected chi connectivity index (χ4v) is 2.84. The molecule has 128 valence electrons. The summed E-state index contributed by atoms with van der Waals surface area (Å²) < 4.78 is 50.5. The molecule has 0 fully saturated rings. The van der Waals surface area contributed by atoms with E-state index in [4.69, 9.17) is 14.9 Å². The standard InChI is InChI=1S/C17H11F3N2O3/c1-8-6-12-14(16(23)24-8)13(10(7-21)15(22)25-12)9-4-2-3-5-11(9)17(18,19)20/h2-6,13H,22H2,1H3/t13-/m0/s1. The third kappa shape index (κ3) is 2.74. The Hall–Kier alpha value is -3.21. The van der Waals surface area contributed by atoms with E-state index in [2.05, 4.69) is 0 Å². The van der Waals surface area contributed by atoms with Crippen LogP contribution in [0.25, 0.3) is 0 Å². The molecule has 1 aliphatic heterocycles. The van der Waals surface area contributed by atoms with Crippen LogP contribution >= 0.6 is 0 Å². The molecule has 2 aromatic rings. The van der Waals surface area contributed by atoms with Crippen molar-refractivity contribution in [3.63, 3.8) is 0 Å². The number of halogens is 3. The first-order valence-electron chi connectivity index (χ1n) is 7.12. The van der Waals surface area contributed by atoms with Crippen molar-refractivity contribution in [2.75, 3.05) is 0 Å². The minimum Gasteiger partial charge on any atom is -0.440 e. The van der Waals surface area contributed by atoms with Crippen molar-refractivity contribution in [2.45, 2.75) is 19.0 Å². The van der Waals surface area contributed by atoms with E-state index >= 15 is 0 Å². The summed E-state index contributed by atoms with van der Waals surface area (Å²) in [5, 5.41) is 9.38. The predicted molar refractivity (Wildman–Crippen MR) is 80.5 cm³/mol. The summed E-state index contributed by atoms with van der Waals surface area (Å²) in [6.07, 6.45) is -4.67. The zero-order valence-corrected chi connectivity index (χ0v) is 12.8. The molecule has 0 saturated carbocycles. The summed E-state index contributed by atoms with van der Waals surface area (Å²) in [4.78, 5) is 12.3. The van der Waals surface area contributed by atoms with Gasteiger partial charge in [0.1, 0.15) is 23.2 Å². The quantitative estimate of drug-likeness (QED) is 0.855. The molecule has 1 aromatic heterocycles. The number of ether oxygens (including phenoxy) is 1. The minimum absolute atomic E-state index is 0.0211. The van der Waals surface area contributed by atoms with Gasteiger partial charge in [-0.15, -0.1) is 0 Å². The normalized spacial score (nSPS) is 16.8. The molecule has 1 atom stereocenters. The van der Waals surface area contributed by atoms with Crippen LogP contribution < -0.4 is 16.1 Å². The molecule has 2 N–H and O–H groups in total. The molecule has 0 amide bonds. The molecule has 2 heterocycles. The van der Waals surface area contributed by atoms with Gasteiger partial charge in [0.2, 0.25) is 5.88 Å². The van der Waals surface area contributed by atoms with Crippen LogP contribution in [0.15, 0.2) is 51.0 Å². The smallest absolute Gasteiger partial charge is 0.416 e. The Morgan fingerprint density at radius 3 is 2.60 bits per heavy atom. The summed E-state index contributed by atoms with van der Waals surface area (Å²) in [7, 11) is 0. The number of allylic oxidation sites excluding steroid dienone is 1. The second-order valence-electron chi connectivity index (χ2n) is 5.43. The number of nitrogens with zero attached hydrogens (tertiary/aromatic N) is 1. The second kappa shape index (κ2) is 5.70. The first-order valence-corrected chi connectivity index (χ1v) is 7.12. The number of hydrogen-bond donors (Lipinski definition) is 1. The summed E-state index contributed by atoms with van der Waals surface area (Å²) >= 11 is 0. The number of fused-ring (bicyclic) bond motifs is 1. The van der Waals surface area contributed by atoms with Gasteiger partial charge in [-0.3, -0.25) is 0 Å². The van der Waals surface area contributed by atoms with E-state index in [0.29, 0.717) is 0 Å². The third-order valence-corrected chi connectivity index (χ3v) is 3.83. The molecule has 0 saturated heterocycles. The highest BCUT2D eigenvalue weighted by Crippen LogP contribution is 2.44. The number of hydrogen-bond acceptors (Lipinski definition) is 5. The highest BCUT2D eigenvalue weighted by atomic mass is 19.4. The zero-order valence-electron chi connectivity index (χ0n) is 12.8. The molecule has 0 bridgehead atoms. The van der Waals surface area contributed by atoms with Gasteiger partial charge >= 0.3 is 11.8 Å². The lowest BCUT2D eigenvalue weighted by molar-refractivity contribution is -0.138. The van der Waals surface area contributed by atoms with Crippen LogP contribution in [0.2, 0.25) is 0 Å². The van der Waals surface area contributed by atoms with Crippen molar-refractivity contribution < 1.29 is 22.3 Å². The van der Waals surface area contributed by atoms with Crippen LogP contribution in [0, 0.1) is 18.3 Å². The number of nitrogens with two attached hydrogens (primary N) is 1. The number of alkyl halides is 3. The fourth-order valence-electron chi connectivity index (χ4n) is 2.84. The molecule has 0 radical (unpaired) electrons. The van der Waals surface area contributed by atoms with Crippen molar-refractivity contribution in [1.82, 2.24) is 0 Å². The van der Waals surface area contributed by atoms with E-state index in [1.54, 1.807) is 6.07 Å². The van der Waals surface area contributed by atoms with Gasteiger partial charge in [0.05, 0.1) is 17.0 Å². The molecule has 5 nitrogen and oxygen atoms in total. The third-order valence-electron chi connectivity index (χ3n) is 3.83. The van der Waals surface area contributed by atoms with Gasteiger partial charge < -0.3 is 14.9 Å². The Morgan fingerprint density at radius 1 is 1.28 bits per heavy atom. The van der Waals surface area contributed by atoms with Gasteiger partial charge in [-0.2, -0.15) is 18.4 Å². The molecule has 8 heteroatoms. The van der Waals surface area contributed by atoms with Crippen LogP contribution in [0.1, 0.15) is 28.4 Å². The topological polar surface area (TPSA) is 89.2 Å². The summed E-state index contributed by atoms with van der Waals surface area (Å²) in [6.45, 7) is 1.49. The summed E-state index contributed by atoms with van der Waals surface area (Å²) in [5.41, 5.74) is 3.14. The van der Waals surface area contributed by atoms with Crippen molar-refractivity contribution in [3.05, 3.63) is 74.7 Å². The van der Waals surface area contributed by atoms with E-state index < -0.39 is 23.3 Å². The Balaban J connectivity index is 2.37. The molecule has 0 spiro atoms. The average molecular weight is 348 g/mol. The molecule has 25 heavy (non-hydrogen) atoms. The second-order valence-corrected chi connectivity index (χ2v) is 5.43. The van der Waals surface area contributed by atoms with Gasteiger partial charge in [0.25, 0.3) is 0 Å². The van der Waals surface area contributed by atoms with Crippen molar-refractivity contribution in [1.29, 1.82) is 5.26 Å². The summed E-state index contributed by atoms with van der Waals surface area (Å²) in [5.74, 6) is -1.49. The van der Waals surface area contributed by atoms with Crippen LogP contribution in [0.3, 0.4) is 0 Å². The highest BCUT2D eigenvalue weighted by Gasteiger charge is 2.41. The lowest BCUT2D eigenvalue weighted by Gasteiger charge is -2.27. The maximum Gasteiger partial charge on any atom is 0.416 e. The lowest BCUT2D eigenvalue weighted by atomic mass is 9.82. The first-order chi connectivity index (χ1) is 11.7. The van der Waals surface area contributed by atoms with Crippen LogP contribution in [-0.4, -0.2) is 0 Å². The van der Waals surface area contributed by atoms with Crippen LogP contribution in [0.5, 0.6) is 5.75 Å². The molecule has 1 aromatic carbocycles. The van der Waals surface area contributed by atoms with E-state index in [0.717, 1.165) is 6.07 Å². The van der Waals surface area contributed by atoms with Crippen molar-refractivity contribution >= 4 is 0 Å². The lowest BCUT2D eigenvalue weighted by Crippen LogP contribution is -2.27. The number of benzene rings is 1. The molecule has 0 aliphatic carbocycles. The Bertz CT molecular complexity index is 984. The van der Waals surface area contributed by atoms with E-state index in [9.17, 15) is 23.2 Å². The largest absolute Gasteiger partial charge is 0.440 e.